The molecule has 0 bridgehead atoms. The first-order valence-corrected chi connectivity index (χ1v) is 10.7. The number of hydrogen-bond acceptors (Lipinski definition) is 4. The molecule has 0 aromatic carbocycles. The van der Waals surface area contributed by atoms with Gasteiger partial charge in [-0.05, 0) is 33.2 Å². The minimum Gasteiger partial charge on any atom is -0.357 e. The number of halogens is 1. The van der Waals surface area contributed by atoms with E-state index in [9.17, 15) is 4.79 Å². The summed E-state index contributed by atoms with van der Waals surface area (Å²) in [6, 6.07) is 0. The van der Waals surface area contributed by atoms with E-state index in [1.54, 1.807) is 0 Å². The van der Waals surface area contributed by atoms with Gasteiger partial charge in [0.1, 0.15) is 0 Å². The first-order chi connectivity index (χ1) is 12.9. The Kier molecular flexibility index (Phi) is 14.9. The summed E-state index contributed by atoms with van der Waals surface area (Å²) in [4.78, 5) is 26.0. The number of nitrogens with one attached hydrogen (secondary N) is 1. The number of amides is 1. The molecule has 0 radical (unpaired) electrons. The normalized spacial score (nSPS) is 17.0. The lowest BCUT2D eigenvalue weighted by Gasteiger charge is -2.35. The highest BCUT2D eigenvalue weighted by atomic mass is 127. The fraction of sp³-hybridized carbons (Fsp3) is 0.900. The molecule has 1 heterocycles. The fourth-order valence-electron chi connectivity index (χ4n) is 3.45. The lowest BCUT2D eigenvalue weighted by molar-refractivity contribution is -0.131. The van der Waals surface area contributed by atoms with Gasteiger partial charge in [0.15, 0.2) is 5.96 Å². The number of carbonyl (C=O) groups excluding carboxylic acids is 1. The third kappa shape index (κ3) is 9.73. The molecular formula is C20H43IN6O. The van der Waals surface area contributed by atoms with Gasteiger partial charge in [0, 0.05) is 66.0 Å². The quantitative estimate of drug-likeness (QED) is 0.275. The third-order valence-electron chi connectivity index (χ3n) is 5.22. The molecule has 1 aliphatic rings. The van der Waals surface area contributed by atoms with Crippen molar-refractivity contribution >= 4 is 35.8 Å². The van der Waals surface area contributed by atoms with Crippen LogP contribution in [0.25, 0.3) is 0 Å². The Morgan fingerprint density at radius 1 is 1.07 bits per heavy atom. The van der Waals surface area contributed by atoms with Gasteiger partial charge in [-0.3, -0.25) is 9.79 Å². The molecule has 8 heteroatoms. The molecule has 0 aromatic rings. The minimum atomic E-state index is 0. The molecule has 7 nitrogen and oxygen atoms in total. The third-order valence-corrected chi connectivity index (χ3v) is 5.22. The van der Waals surface area contributed by atoms with Crippen LogP contribution in [-0.4, -0.2) is 111 Å². The molecule has 1 aliphatic heterocycles. The van der Waals surface area contributed by atoms with Crippen LogP contribution in [0.15, 0.2) is 4.99 Å². The molecule has 1 unspecified atom stereocenters. The van der Waals surface area contributed by atoms with E-state index in [1.165, 1.54) is 13.1 Å². The number of guanidine groups is 1. The van der Waals surface area contributed by atoms with E-state index in [2.05, 4.69) is 35.9 Å². The van der Waals surface area contributed by atoms with Crippen LogP contribution in [-0.2, 0) is 4.79 Å². The van der Waals surface area contributed by atoms with Crippen molar-refractivity contribution in [3.8, 4) is 0 Å². The molecule has 0 spiro atoms. The Morgan fingerprint density at radius 3 is 2.14 bits per heavy atom. The highest BCUT2D eigenvalue weighted by Crippen LogP contribution is 2.06. The average molecular weight is 511 g/mol. The Hall–Kier alpha value is -0.610. The van der Waals surface area contributed by atoms with E-state index >= 15 is 0 Å². The maximum absolute atomic E-state index is 12.4. The second kappa shape index (κ2) is 15.3. The maximum Gasteiger partial charge on any atom is 0.242 e. The van der Waals surface area contributed by atoms with Crippen molar-refractivity contribution in [1.29, 1.82) is 0 Å². The largest absolute Gasteiger partial charge is 0.357 e. The summed E-state index contributed by atoms with van der Waals surface area (Å²) < 4.78 is 0. The Balaban J connectivity index is 0.00000729. The van der Waals surface area contributed by atoms with Crippen LogP contribution in [0.2, 0.25) is 0 Å². The number of piperazine rings is 1. The van der Waals surface area contributed by atoms with Crippen LogP contribution in [0.4, 0.5) is 0 Å². The van der Waals surface area contributed by atoms with Gasteiger partial charge < -0.3 is 24.9 Å². The molecule has 0 aliphatic carbocycles. The van der Waals surface area contributed by atoms with E-state index in [4.69, 9.17) is 4.99 Å². The standard InChI is InChI=1S/C20H42N6O.HI/c1-7-21-20(23(6)17-19(27)26(9-3)10-4)22-15-18(5)16-25-13-11-24(8-2)12-14-25;/h18H,7-17H2,1-6H3,(H,21,22);1H. The van der Waals surface area contributed by atoms with Crippen LogP contribution in [0.1, 0.15) is 34.6 Å². The number of rotatable bonds is 10. The second-order valence-electron chi connectivity index (χ2n) is 7.46. The topological polar surface area (TPSA) is 54.4 Å². The molecule has 1 N–H and O–H groups in total. The molecule has 1 rings (SSSR count). The summed E-state index contributed by atoms with van der Waals surface area (Å²) in [5.74, 6) is 1.47. The smallest absolute Gasteiger partial charge is 0.242 e. The summed E-state index contributed by atoms with van der Waals surface area (Å²) >= 11 is 0. The van der Waals surface area contributed by atoms with E-state index < -0.39 is 0 Å². The number of carbonyl (C=O) groups is 1. The number of hydrogen-bond donors (Lipinski definition) is 1. The van der Waals surface area contributed by atoms with E-state index in [0.29, 0.717) is 12.5 Å². The van der Waals surface area contributed by atoms with Crippen molar-refractivity contribution < 1.29 is 4.79 Å². The van der Waals surface area contributed by atoms with E-state index in [-0.39, 0.29) is 29.9 Å². The van der Waals surface area contributed by atoms with Crippen LogP contribution >= 0.6 is 24.0 Å². The Labute approximate surface area is 189 Å². The summed E-state index contributed by atoms with van der Waals surface area (Å²) in [6.45, 7) is 20.9. The summed E-state index contributed by atoms with van der Waals surface area (Å²) in [5.41, 5.74) is 0. The van der Waals surface area contributed by atoms with Gasteiger partial charge in [-0.1, -0.05) is 13.8 Å². The van der Waals surface area contributed by atoms with Crippen molar-refractivity contribution in [2.75, 3.05) is 79.0 Å². The SMILES string of the molecule is CCNC(=NCC(C)CN1CCN(CC)CC1)N(C)CC(=O)N(CC)CC.I. The molecule has 0 aromatic heterocycles. The maximum atomic E-state index is 12.4. The van der Waals surface area contributed by atoms with Crippen molar-refractivity contribution in [2.24, 2.45) is 10.9 Å². The Bertz CT molecular complexity index is 450. The van der Waals surface area contributed by atoms with Gasteiger partial charge in [-0.25, -0.2) is 0 Å². The van der Waals surface area contributed by atoms with Crippen LogP contribution < -0.4 is 5.32 Å². The highest BCUT2D eigenvalue weighted by Gasteiger charge is 2.18. The summed E-state index contributed by atoms with van der Waals surface area (Å²) in [5, 5.41) is 3.32. The molecular weight excluding hydrogens is 467 g/mol. The minimum absolute atomic E-state index is 0. The molecule has 166 valence electrons. The first-order valence-electron chi connectivity index (χ1n) is 10.7. The molecule has 1 fully saturated rings. The summed E-state index contributed by atoms with van der Waals surface area (Å²) in [7, 11) is 1.94. The van der Waals surface area contributed by atoms with Crippen molar-refractivity contribution in [3.05, 3.63) is 0 Å². The van der Waals surface area contributed by atoms with Crippen molar-refractivity contribution in [2.45, 2.75) is 34.6 Å². The molecule has 1 saturated heterocycles. The lowest BCUT2D eigenvalue weighted by Crippen LogP contribution is -2.47. The lowest BCUT2D eigenvalue weighted by atomic mass is 10.1. The van der Waals surface area contributed by atoms with Gasteiger partial charge in [0.2, 0.25) is 5.91 Å². The first kappa shape index (κ1) is 27.4. The molecule has 0 saturated carbocycles. The predicted molar refractivity (Wildman–Crippen MR) is 130 cm³/mol. The van der Waals surface area contributed by atoms with Crippen molar-refractivity contribution in [1.82, 2.24) is 24.9 Å². The second-order valence-corrected chi connectivity index (χ2v) is 7.46. The fourth-order valence-corrected chi connectivity index (χ4v) is 3.45. The number of nitrogens with zero attached hydrogens (tertiary/aromatic N) is 5. The van der Waals surface area contributed by atoms with Gasteiger partial charge in [-0.2, -0.15) is 0 Å². The molecule has 28 heavy (non-hydrogen) atoms. The van der Waals surface area contributed by atoms with Gasteiger partial charge in [0.05, 0.1) is 6.54 Å². The Morgan fingerprint density at radius 2 is 1.64 bits per heavy atom. The predicted octanol–water partition coefficient (Wildman–Crippen LogP) is 1.64. The number of aliphatic imine (C=N–C) groups is 1. The zero-order valence-corrected chi connectivity index (χ0v) is 21.2. The zero-order chi connectivity index (χ0) is 20.2. The monoisotopic (exact) mass is 510 g/mol. The van der Waals surface area contributed by atoms with Crippen LogP contribution in [0.5, 0.6) is 0 Å². The summed E-state index contributed by atoms with van der Waals surface area (Å²) in [6.07, 6.45) is 0. The average Bonchev–Trinajstić information content (AvgIpc) is 2.66. The van der Waals surface area contributed by atoms with E-state index in [0.717, 1.165) is 58.3 Å². The highest BCUT2D eigenvalue weighted by molar-refractivity contribution is 14.0. The zero-order valence-electron chi connectivity index (χ0n) is 18.9. The van der Waals surface area contributed by atoms with E-state index in [1.807, 2.05) is 30.7 Å². The van der Waals surface area contributed by atoms with Crippen molar-refractivity contribution in [3.63, 3.8) is 0 Å². The number of likely N-dealkylation sites (N-methyl/N-ethyl adjacent to an activating group) is 3. The van der Waals surface area contributed by atoms with Gasteiger partial charge >= 0.3 is 0 Å². The van der Waals surface area contributed by atoms with Gasteiger partial charge in [0.25, 0.3) is 0 Å². The molecule has 1 atom stereocenters. The van der Waals surface area contributed by atoms with Crippen LogP contribution in [0, 0.1) is 5.92 Å². The van der Waals surface area contributed by atoms with Gasteiger partial charge in [-0.15, -0.1) is 24.0 Å². The van der Waals surface area contributed by atoms with Crippen LogP contribution in [0.3, 0.4) is 0 Å². The molecule has 1 amide bonds.